The molecule has 0 radical (unpaired) electrons. The number of aromatic hydroxyl groups is 8. The third-order valence-corrected chi connectivity index (χ3v) is 14.3. The van der Waals surface area contributed by atoms with Crippen LogP contribution < -0.4 is 18.9 Å². The summed E-state index contributed by atoms with van der Waals surface area (Å²) in [6.07, 6.45) is -3.06. The van der Waals surface area contributed by atoms with Crippen molar-refractivity contribution in [3.8, 4) is 69.0 Å². The molecule has 13 rings (SSSR count). The van der Waals surface area contributed by atoms with Crippen molar-refractivity contribution in [1.29, 1.82) is 0 Å². The summed E-state index contributed by atoms with van der Waals surface area (Å²) in [6, 6.07) is 40.1. The second-order valence-electron chi connectivity index (χ2n) is 18.2. The van der Waals surface area contributed by atoms with Crippen molar-refractivity contribution in [2.75, 3.05) is 0 Å². The summed E-state index contributed by atoms with van der Waals surface area (Å²) in [5.74, 6) is -1.22. The number of phenols is 8. The lowest BCUT2D eigenvalue weighted by Crippen LogP contribution is -2.19. The number of hydrogen-bond donors (Lipinski definition) is 8. The van der Waals surface area contributed by atoms with Crippen LogP contribution in [-0.2, 0) is 0 Å². The largest absolute Gasteiger partial charge is 0.508 e. The van der Waals surface area contributed by atoms with E-state index in [9.17, 15) is 40.9 Å². The van der Waals surface area contributed by atoms with Gasteiger partial charge in [0.15, 0.2) is 0 Å². The lowest BCUT2D eigenvalue weighted by Gasteiger charge is -2.29. The van der Waals surface area contributed by atoms with Gasteiger partial charge >= 0.3 is 0 Å². The van der Waals surface area contributed by atoms with Gasteiger partial charge in [-0.15, -0.1) is 0 Å². The Balaban J connectivity index is 1.19. The van der Waals surface area contributed by atoms with Crippen LogP contribution in [0.3, 0.4) is 0 Å². The van der Waals surface area contributed by atoms with Crippen molar-refractivity contribution in [3.05, 3.63) is 212 Å². The summed E-state index contributed by atoms with van der Waals surface area (Å²) in [5.41, 5.74) is 8.45. The molecule has 68 heavy (non-hydrogen) atoms. The molecule has 5 aliphatic rings. The highest BCUT2D eigenvalue weighted by Gasteiger charge is 2.55. The first kappa shape index (κ1) is 39.7. The molecule has 4 aliphatic heterocycles. The van der Waals surface area contributed by atoms with E-state index in [0.717, 1.165) is 33.4 Å². The van der Waals surface area contributed by atoms with E-state index < -0.39 is 48.1 Å². The first-order chi connectivity index (χ1) is 32.9. The summed E-state index contributed by atoms with van der Waals surface area (Å²) in [4.78, 5) is 0. The topological polar surface area (TPSA) is 199 Å². The van der Waals surface area contributed by atoms with E-state index in [1.807, 2.05) is 6.07 Å². The van der Waals surface area contributed by atoms with Crippen LogP contribution in [0.25, 0.3) is 0 Å². The number of phenolic OH excluding ortho intramolecular Hbond substituents is 8. The Morgan fingerprint density at radius 1 is 0.235 bits per heavy atom. The lowest BCUT2D eigenvalue weighted by atomic mass is 9.71. The third kappa shape index (κ3) is 5.93. The van der Waals surface area contributed by atoms with Crippen LogP contribution in [0.2, 0.25) is 0 Å². The molecule has 0 bridgehead atoms. The van der Waals surface area contributed by atoms with E-state index in [-0.39, 0.29) is 46.0 Å². The third-order valence-electron chi connectivity index (χ3n) is 14.3. The SMILES string of the molecule is Oc1ccc([C@H]2Oc3cc(O)cc4c3[C@@H]2c2c3c(cc5c2[C@H](c2cc(O)cc6c2[C@H]4[C@H](c2ccc(O)cc2)O6)[C@H](c2ccc(O)cc2)O5)O[C@@H](c2ccc(O)cc2)[C@@H]3c2cc(O)cc(O)c2)cc1. The molecule has 8 aromatic carbocycles. The standard InChI is InChI=1S/C56H40O12/c57-30-9-1-25(2-10-30)53-44(29-17-34(61)19-35(62)18-29)49-42(67-53)24-43-50-48(55(68-43)27-5-13-32(59)14-6-27)38-20-36(63)22-40-45(38)47(54(65-40)26-3-11-31(58)12-4-26)39-21-37(64)23-41-46(39)52(51(49)50)56(66-41)28-7-15-33(60)16-8-28/h1-24,44,47-48,52-64H/t44-,47+,48+,52-,53+,54+,55+,56-/m1/s1. The van der Waals surface area contributed by atoms with Gasteiger partial charge in [0.05, 0.1) is 23.7 Å². The van der Waals surface area contributed by atoms with E-state index >= 15 is 0 Å². The van der Waals surface area contributed by atoms with Crippen molar-refractivity contribution in [2.24, 2.45) is 0 Å². The fourth-order valence-corrected chi connectivity index (χ4v) is 11.7. The van der Waals surface area contributed by atoms with Gasteiger partial charge in [0, 0.05) is 46.5 Å². The van der Waals surface area contributed by atoms with Crippen LogP contribution in [0, 0.1) is 0 Å². The highest BCUT2D eigenvalue weighted by molar-refractivity contribution is 5.74. The summed E-state index contributed by atoms with van der Waals surface area (Å²) in [7, 11) is 0. The van der Waals surface area contributed by atoms with E-state index in [1.54, 1.807) is 133 Å². The van der Waals surface area contributed by atoms with Crippen LogP contribution in [0.4, 0.5) is 0 Å². The molecule has 0 aromatic heterocycles. The van der Waals surface area contributed by atoms with Gasteiger partial charge < -0.3 is 59.8 Å². The molecule has 0 amide bonds. The molecule has 0 unspecified atom stereocenters. The van der Waals surface area contributed by atoms with Crippen molar-refractivity contribution < 1.29 is 59.8 Å². The number of rotatable bonds is 5. The molecule has 0 saturated carbocycles. The minimum atomic E-state index is -0.801. The predicted molar refractivity (Wildman–Crippen MR) is 246 cm³/mol. The van der Waals surface area contributed by atoms with Crippen molar-refractivity contribution in [3.63, 3.8) is 0 Å². The zero-order valence-electron chi connectivity index (χ0n) is 35.7. The fourth-order valence-electron chi connectivity index (χ4n) is 11.7. The van der Waals surface area contributed by atoms with E-state index in [2.05, 4.69) is 0 Å². The Morgan fingerprint density at radius 3 is 0.956 bits per heavy atom. The van der Waals surface area contributed by atoms with Crippen LogP contribution in [-0.4, -0.2) is 40.9 Å². The molecule has 8 N–H and O–H groups in total. The first-order valence-corrected chi connectivity index (χ1v) is 22.2. The average molecular weight is 905 g/mol. The highest BCUT2D eigenvalue weighted by Crippen LogP contribution is 2.69. The number of fused-ring (bicyclic) bond motifs is 5. The predicted octanol–water partition coefficient (Wildman–Crippen LogP) is 10.7. The van der Waals surface area contributed by atoms with Gasteiger partial charge in [-0.05, 0) is 117 Å². The van der Waals surface area contributed by atoms with Crippen LogP contribution in [0.15, 0.2) is 146 Å². The molecule has 8 atom stereocenters. The molecule has 0 saturated heterocycles. The van der Waals surface area contributed by atoms with Crippen LogP contribution in [0.1, 0.15) is 115 Å². The second kappa shape index (κ2) is 14.4. The molecule has 0 fully saturated rings. The maximum absolute atomic E-state index is 11.8. The molecule has 4 heterocycles. The smallest absolute Gasteiger partial charge is 0.135 e. The van der Waals surface area contributed by atoms with Gasteiger partial charge in [-0.2, -0.15) is 0 Å². The van der Waals surface area contributed by atoms with Crippen molar-refractivity contribution in [2.45, 2.75) is 48.1 Å². The summed E-state index contributed by atoms with van der Waals surface area (Å²) < 4.78 is 28.4. The lowest BCUT2D eigenvalue weighted by molar-refractivity contribution is 0.211. The maximum atomic E-state index is 11.8. The number of benzene rings is 8. The summed E-state index contributed by atoms with van der Waals surface area (Å²) in [6.45, 7) is 0. The summed E-state index contributed by atoms with van der Waals surface area (Å²) in [5, 5.41) is 88.0. The molecule has 336 valence electrons. The fraction of sp³-hybridized carbons (Fsp3) is 0.143. The molecule has 1 aliphatic carbocycles. The second-order valence-corrected chi connectivity index (χ2v) is 18.2. The minimum Gasteiger partial charge on any atom is -0.508 e. The zero-order chi connectivity index (χ0) is 46.3. The van der Waals surface area contributed by atoms with Crippen molar-refractivity contribution >= 4 is 0 Å². The van der Waals surface area contributed by atoms with Gasteiger partial charge in [0.1, 0.15) is 93.4 Å². The quantitative estimate of drug-likeness (QED) is 0.0814. The summed E-state index contributed by atoms with van der Waals surface area (Å²) >= 11 is 0. The minimum absolute atomic E-state index is 0.0558. The molecule has 8 aromatic rings. The number of hydrogen-bond acceptors (Lipinski definition) is 12. The van der Waals surface area contributed by atoms with Gasteiger partial charge in [-0.3, -0.25) is 0 Å². The Kier molecular flexibility index (Phi) is 8.42. The Bertz CT molecular complexity index is 3340. The van der Waals surface area contributed by atoms with Crippen LogP contribution >= 0.6 is 0 Å². The molecule has 12 nitrogen and oxygen atoms in total. The Labute approximate surface area is 388 Å². The van der Waals surface area contributed by atoms with Crippen LogP contribution in [0.5, 0.6) is 69.0 Å². The van der Waals surface area contributed by atoms with E-state index in [0.29, 0.717) is 56.4 Å². The normalized spacial score (nSPS) is 23.1. The Morgan fingerprint density at radius 2 is 0.544 bits per heavy atom. The van der Waals surface area contributed by atoms with E-state index in [4.69, 9.17) is 18.9 Å². The molecule has 0 spiro atoms. The van der Waals surface area contributed by atoms with Gasteiger partial charge in [-0.25, -0.2) is 0 Å². The monoisotopic (exact) mass is 904 g/mol. The Hall–Kier alpha value is -8.64. The average Bonchev–Trinajstić information content (AvgIpc) is 4.09. The van der Waals surface area contributed by atoms with Gasteiger partial charge in [-0.1, -0.05) is 48.5 Å². The molecular formula is C56H40O12. The number of ether oxygens (including phenoxy) is 4. The van der Waals surface area contributed by atoms with Gasteiger partial charge in [0.2, 0.25) is 0 Å². The van der Waals surface area contributed by atoms with Gasteiger partial charge in [0.25, 0.3) is 0 Å². The first-order valence-electron chi connectivity index (χ1n) is 22.2. The molecular weight excluding hydrogens is 865 g/mol. The van der Waals surface area contributed by atoms with Crippen molar-refractivity contribution in [1.82, 2.24) is 0 Å². The molecule has 12 heteroatoms. The zero-order valence-corrected chi connectivity index (χ0v) is 35.7. The highest BCUT2D eigenvalue weighted by atomic mass is 16.5. The van der Waals surface area contributed by atoms with E-state index in [1.165, 1.54) is 6.07 Å². The maximum Gasteiger partial charge on any atom is 0.135 e.